The SMILES string of the molecule is COc1ccc(S(=O)(=O)N(C)CC(=O)N[C@@H](C)COc2ccc(C)cc2)cc1OC. The Bertz CT molecular complexity index is 960. The minimum Gasteiger partial charge on any atom is -0.493 e. The van der Waals surface area contributed by atoms with Crippen LogP contribution in [0.15, 0.2) is 47.4 Å². The Morgan fingerprint density at radius 1 is 1.07 bits per heavy atom. The van der Waals surface area contributed by atoms with Gasteiger partial charge in [-0.15, -0.1) is 0 Å². The summed E-state index contributed by atoms with van der Waals surface area (Å²) in [6.45, 7) is 3.71. The fourth-order valence-corrected chi connectivity index (χ4v) is 3.81. The molecule has 0 heterocycles. The zero-order valence-corrected chi connectivity index (χ0v) is 18.7. The molecule has 1 atom stereocenters. The third kappa shape index (κ3) is 6.11. The first-order valence-electron chi connectivity index (χ1n) is 9.34. The number of rotatable bonds is 10. The number of likely N-dealkylation sites (N-methyl/N-ethyl adjacent to an activating group) is 1. The van der Waals surface area contributed by atoms with E-state index in [-0.39, 0.29) is 24.1 Å². The van der Waals surface area contributed by atoms with Crippen LogP contribution in [0.5, 0.6) is 17.2 Å². The maximum atomic E-state index is 12.8. The molecule has 1 amide bonds. The van der Waals surface area contributed by atoms with E-state index in [4.69, 9.17) is 14.2 Å². The Kier molecular flexibility index (Phi) is 8.08. The van der Waals surface area contributed by atoms with E-state index in [0.29, 0.717) is 17.2 Å². The van der Waals surface area contributed by atoms with Crippen LogP contribution in [0, 0.1) is 6.92 Å². The first-order valence-corrected chi connectivity index (χ1v) is 10.8. The smallest absolute Gasteiger partial charge is 0.243 e. The van der Waals surface area contributed by atoms with Crippen LogP contribution in [0.25, 0.3) is 0 Å². The molecule has 1 N–H and O–H groups in total. The van der Waals surface area contributed by atoms with E-state index < -0.39 is 15.9 Å². The molecular weight excluding hydrogens is 408 g/mol. The molecule has 0 spiro atoms. The molecule has 0 aliphatic carbocycles. The number of methoxy groups -OCH3 is 2. The first kappa shape index (κ1) is 23.5. The van der Waals surface area contributed by atoms with Crippen molar-refractivity contribution in [2.24, 2.45) is 0 Å². The molecule has 2 aromatic carbocycles. The molecule has 2 rings (SSSR count). The van der Waals surface area contributed by atoms with Crippen molar-refractivity contribution in [1.82, 2.24) is 9.62 Å². The van der Waals surface area contributed by atoms with Gasteiger partial charge in [-0.3, -0.25) is 4.79 Å². The number of carbonyl (C=O) groups is 1. The van der Waals surface area contributed by atoms with E-state index in [1.165, 1.54) is 39.5 Å². The Morgan fingerprint density at radius 3 is 2.30 bits per heavy atom. The molecule has 0 saturated heterocycles. The van der Waals surface area contributed by atoms with E-state index >= 15 is 0 Å². The van der Waals surface area contributed by atoms with Gasteiger partial charge in [-0.1, -0.05) is 17.7 Å². The molecule has 0 bridgehead atoms. The topological polar surface area (TPSA) is 94.2 Å². The Hall–Kier alpha value is -2.78. The monoisotopic (exact) mass is 436 g/mol. The minimum absolute atomic E-state index is 0.00574. The van der Waals surface area contributed by atoms with E-state index in [1.807, 2.05) is 31.2 Å². The average molecular weight is 437 g/mol. The highest BCUT2D eigenvalue weighted by Crippen LogP contribution is 2.30. The summed E-state index contributed by atoms with van der Waals surface area (Å²) in [5.41, 5.74) is 1.13. The van der Waals surface area contributed by atoms with Crippen LogP contribution in [0.2, 0.25) is 0 Å². The first-order chi connectivity index (χ1) is 14.2. The fraction of sp³-hybridized carbons (Fsp3) is 0.381. The van der Waals surface area contributed by atoms with Gasteiger partial charge < -0.3 is 19.5 Å². The van der Waals surface area contributed by atoms with Crippen LogP contribution in [-0.2, 0) is 14.8 Å². The van der Waals surface area contributed by atoms with Crippen LogP contribution in [0.3, 0.4) is 0 Å². The van der Waals surface area contributed by atoms with Crippen molar-refractivity contribution in [1.29, 1.82) is 0 Å². The lowest BCUT2D eigenvalue weighted by Gasteiger charge is -2.20. The Morgan fingerprint density at radius 2 is 1.70 bits per heavy atom. The molecule has 0 aliphatic heterocycles. The van der Waals surface area contributed by atoms with E-state index in [1.54, 1.807) is 6.92 Å². The van der Waals surface area contributed by atoms with Gasteiger partial charge in [0.05, 0.1) is 31.7 Å². The van der Waals surface area contributed by atoms with Crippen LogP contribution >= 0.6 is 0 Å². The van der Waals surface area contributed by atoms with E-state index in [9.17, 15) is 13.2 Å². The van der Waals surface area contributed by atoms with Gasteiger partial charge >= 0.3 is 0 Å². The predicted molar refractivity (Wildman–Crippen MR) is 114 cm³/mol. The number of sulfonamides is 1. The van der Waals surface area contributed by atoms with E-state index in [2.05, 4.69) is 5.32 Å². The molecule has 9 heteroatoms. The molecule has 0 radical (unpaired) electrons. The molecule has 0 fully saturated rings. The average Bonchev–Trinajstić information content (AvgIpc) is 2.72. The lowest BCUT2D eigenvalue weighted by Crippen LogP contribution is -2.43. The second kappa shape index (κ2) is 10.3. The summed E-state index contributed by atoms with van der Waals surface area (Å²) in [5, 5.41) is 2.74. The highest BCUT2D eigenvalue weighted by Gasteiger charge is 2.25. The van der Waals surface area contributed by atoms with Crippen molar-refractivity contribution in [3.8, 4) is 17.2 Å². The zero-order chi connectivity index (χ0) is 22.3. The lowest BCUT2D eigenvalue weighted by atomic mass is 10.2. The largest absolute Gasteiger partial charge is 0.493 e. The normalized spacial score (nSPS) is 12.3. The number of carbonyl (C=O) groups excluding carboxylic acids is 1. The van der Waals surface area contributed by atoms with Crippen LogP contribution in [0.1, 0.15) is 12.5 Å². The third-order valence-electron chi connectivity index (χ3n) is 4.36. The summed E-state index contributed by atoms with van der Waals surface area (Å²) in [5.74, 6) is 0.981. The van der Waals surface area contributed by atoms with Gasteiger partial charge in [-0.05, 0) is 38.1 Å². The van der Waals surface area contributed by atoms with Crippen molar-refractivity contribution in [3.05, 3.63) is 48.0 Å². The maximum absolute atomic E-state index is 12.8. The highest BCUT2D eigenvalue weighted by atomic mass is 32.2. The van der Waals surface area contributed by atoms with Crippen molar-refractivity contribution >= 4 is 15.9 Å². The zero-order valence-electron chi connectivity index (χ0n) is 17.8. The van der Waals surface area contributed by atoms with Gasteiger partial charge in [-0.2, -0.15) is 4.31 Å². The molecular formula is C21H28N2O6S. The molecule has 0 aromatic heterocycles. The molecule has 0 unspecified atom stereocenters. The van der Waals surface area contributed by atoms with Crippen LogP contribution in [-0.4, -0.2) is 59.1 Å². The highest BCUT2D eigenvalue weighted by molar-refractivity contribution is 7.89. The fourth-order valence-electron chi connectivity index (χ4n) is 2.66. The number of aryl methyl sites for hydroxylation is 1. The number of benzene rings is 2. The second-order valence-electron chi connectivity index (χ2n) is 6.87. The van der Waals surface area contributed by atoms with Crippen molar-refractivity contribution in [2.45, 2.75) is 24.8 Å². The van der Waals surface area contributed by atoms with Gasteiger partial charge in [-0.25, -0.2) is 8.42 Å². The molecule has 164 valence electrons. The Balaban J connectivity index is 1.94. The molecule has 0 aliphatic rings. The number of amides is 1. The standard InChI is InChI=1S/C21H28N2O6S/c1-15-6-8-17(9-7-15)29-14-16(2)22-21(24)13-23(3)30(25,26)18-10-11-19(27-4)20(12-18)28-5/h6-12,16H,13-14H2,1-5H3,(H,22,24)/t16-/m0/s1. The number of ether oxygens (including phenoxy) is 3. The van der Waals surface area contributed by atoms with Crippen molar-refractivity contribution in [2.75, 3.05) is 34.4 Å². The number of hydrogen-bond acceptors (Lipinski definition) is 6. The van der Waals surface area contributed by atoms with Crippen molar-refractivity contribution in [3.63, 3.8) is 0 Å². The van der Waals surface area contributed by atoms with Gasteiger partial charge in [0.15, 0.2) is 11.5 Å². The number of nitrogens with zero attached hydrogens (tertiary/aromatic N) is 1. The predicted octanol–water partition coefficient (Wildman–Crippen LogP) is 2.22. The van der Waals surface area contributed by atoms with E-state index in [0.717, 1.165) is 9.87 Å². The molecule has 8 nitrogen and oxygen atoms in total. The molecule has 30 heavy (non-hydrogen) atoms. The lowest BCUT2D eigenvalue weighted by molar-refractivity contribution is -0.121. The minimum atomic E-state index is -3.88. The third-order valence-corrected chi connectivity index (χ3v) is 6.16. The molecule has 2 aromatic rings. The quantitative estimate of drug-likeness (QED) is 0.614. The van der Waals surface area contributed by atoms with Crippen LogP contribution < -0.4 is 19.5 Å². The summed E-state index contributed by atoms with van der Waals surface area (Å²) in [6, 6.07) is 11.6. The van der Waals surface area contributed by atoms with Gasteiger partial charge in [0, 0.05) is 13.1 Å². The Labute approximate surface area is 177 Å². The molecule has 0 saturated carbocycles. The maximum Gasteiger partial charge on any atom is 0.243 e. The summed E-state index contributed by atoms with van der Waals surface area (Å²) in [6.07, 6.45) is 0. The van der Waals surface area contributed by atoms with Crippen LogP contribution in [0.4, 0.5) is 0 Å². The van der Waals surface area contributed by atoms with Gasteiger partial charge in [0.1, 0.15) is 12.4 Å². The number of hydrogen-bond donors (Lipinski definition) is 1. The number of nitrogens with one attached hydrogen (secondary N) is 1. The summed E-state index contributed by atoms with van der Waals surface area (Å²) < 4.78 is 42.5. The van der Waals surface area contributed by atoms with Gasteiger partial charge in [0.25, 0.3) is 0 Å². The second-order valence-corrected chi connectivity index (χ2v) is 8.92. The van der Waals surface area contributed by atoms with Crippen molar-refractivity contribution < 1.29 is 27.4 Å². The van der Waals surface area contributed by atoms with Gasteiger partial charge in [0.2, 0.25) is 15.9 Å². The summed E-state index contributed by atoms with van der Waals surface area (Å²) >= 11 is 0. The summed E-state index contributed by atoms with van der Waals surface area (Å²) in [4.78, 5) is 12.3. The summed E-state index contributed by atoms with van der Waals surface area (Å²) in [7, 11) is 0.352.